The molecule has 4 aromatic rings. The molecule has 1 aliphatic heterocycles. The normalized spacial score (nSPS) is 15.4. The molecule has 1 aromatic heterocycles. The Labute approximate surface area is 280 Å². The highest BCUT2D eigenvalue weighted by atomic mass is 15.1. The Morgan fingerprint density at radius 2 is 1.53 bits per heavy atom. The van der Waals surface area contributed by atoms with Gasteiger partial charge in [-0.05, 0) is 117 Å². The Hall–Kier alpha value is -5.74. The lowest BCUT2D eigenvalue weighted by molar-refractivity contribution is 0.901. The minimum Gasteiger partial charge on any atom is -0.360 e. The number of rotatable bonds is 11. The van der Waals surface area contributed by atoms with Crippen molar-refractivity contribution < 1.29 is 0 Å². The van der Waals surface area contributed by atoms with Crippen molar-refractivity contribution in [2.75, 3.05) is 22.1 Å². The van der Waals surface area contributed by atoms with Gasteiger partial charge in [0.15, 0.2) is 0 Å². The van der Waals surface area contributed by atoms with Gasteiger partial charge in [0.25, 0.3) is 0 Å². The minimum absolute atomic E-state index is 0.863. The van der Waals surface area contributed by atoms with Crippen molar-refractivity contribution in [3.63, 3.8) is 0 Å². The van der Waals surface area contributed by atoms with Gasteiger partial charge in [-0.2, -0.15) is 0 Å². The van der Waals surface area contributed by atoms with Crippen LogP contribution in [0.15, 0.2) is 153 Å². The summed E-state index contributed by atoms with van der Waals surface area (Å²) in [6, 6.07) is 25.4. The zero-order chi connectivity index (χ0) is 33.2. The van der Waals surface area contributed by atoms with E-state index in [0.29, 0.717) is 0 Å². The zero-order valence-electron chi connectivity index (χ0n) is 27.7. The lowest BCUT2D eigenvalue weighted by Gasteiger charge is -2.27. The largest absolute Gasteiger partial charge is 0.360 e. The third kappa shape index (κ3) is 7.57. The van der Waals surface area contributed by atoms with Crippen LogP contribution in [0.5, 0.6) is 0 Å². The summed E-state index contributed by atoms with van der Waals surface area (Å²) in [5.74, 6) is 0. The molecule has 0 fully saturated rings. The average molecular weight is 617 g/mol. The maximum atomic E-state index is 4.22. The quantitative estimate of drug-likeness (QED) is 0.164. The molecule has 0 aliphatic carbocycles. The van der Waals surface area contributed by atoms with E-state index >= 15 is 0 Å². The first-order valence-electron chi connectivity index (χ1n) is 16.0. The van der Waals surface area contributed by atoms with E-state index in [9.17, 15) is 0 Å². The highest BCUT2D eigenvalue weighted by molar-refractivity contribution is 5.83. The fraction of sp³-hybridized carbons (Fsp3) is 0.116. The number of anilines is 4. The van der Waals surface area contributed by atoms with Crippen molar-refractivity contribution in [2.45, 2.75) is 27.2 Å². The van der Waals surface area contributed by atoms with Crippen LogP contribution < -0.4 is 15.5 Å². The second kappa shape index (κ2) is 15.5. The maximum absolute atomic E-state index is 4.22. The summed E-state index contributed by atoms with van der Waals surface area (Å²) in [5, 5.41) is 7.08. The number of aromatic nitrogens is 1. The Morgan fingerprint density at radius 3 is 2.26 bits per heavy atom. The molecule has 0 atom stereocenters. The first-order valence-corrected chi connectivity index (χ1v) is 16.0. The summed E-state index contributed by atoms with van der Waals surface area (Å²) in [7, 11) is 0. The molecule has 47 heavy (non-hydrogen) atoms. The van der Waals surface area contributed by atoms with E-state index in [-0.39, 0.29) is 0 Å². The molecule has 5 rings (SSSR count). The Balaban J connectivity index is 1.37. The van der Waals surface area contributed by atoms with Crippen LogP contribution in [0.1, 0.15) is 41.4 Å². The van der Waals surface area contributed by atoms with Gasteiger partial charge in [0, 0.05) is 58.1 Å². The van der Waals surface area contributed by atoms with Crippen LogP contribution in [-0.4, -0.2) is 11.1 Å². The third-order valence-corrected chi connectivity index (χ3v) is 8.35. The molecule has 0 radical (unpaired) electrons. The topological polar surface area (TPSA) is 32.2 Å². The van der Waals surface area contributed by atoms with E-state index in [2.05, 4.69) is 151 Å². The fourth-order valence-electron chi connectivity index (χ4n) is 5.79. The van der Waals surface area contributed by atoms with Crippen LogP contribution >= 0.6 is 0 Å². The number of hydrogen-bond acceptors (Lipinski definition) is 3. The molecule has 236 valence electrons. The van der Waals surface area contributed by atoms with Crippen LogP contribution in [0.3, 0.4) is 0 Å². The van der Waals surface area contributed by atoms with Gasteiger partial charge in [0.05, 0.1) is 5.70 Å². The summed E-state index contributed by atoms with van der Waals surface area (Å²) in [4.78, 5) is 2.35. The molecule has 2 heterocycles. The standard InChI is InChI=1S/C43H44N4/c1-7-10-21-43-34(6)33(5)42(9-3)47(43)38-28-26-37(27-29-38)46-30-16-12-11-13-18-39(46)31-44-35-22-24-36(25-23-35)45-41-20-15-14-19-40(41)32(4)17-8-2/h7-15,17-29,31,44-45H,1,3-4,16,30H2,2,5-6H3/b12-11-,17-8-,18-13-,21-10-,39-31-. The van der Waals surface area contributed by atoms with E-state index < -0.39 is 0 Å². The summed E-state index contributed by atoms with van der Waals surface area (Å²) >= 11 is 0. The van der Waals surface area contributed by atoms with Crippen LogP contribution in [0, 0.1) is 13.8 Å². The Kier molecular flexibility index (Phi) is 10.8. The maximum Gasteiger partial charge on any atom is 0.0573 e. The van der Waals surface area contributed by atoms with Gasteiger partial charge < -0.3 is 20.1 Å². The van der Waals surface area contributed by atoms with Gasteiger partial charge in [-0.15, -0.1) is 0 Å². The predicted molar refractivity (Wildman–Crippen MR) is 207 cm³/mol. The van der Waals surface area contributed by atoms with Crippen molar-refractivity contribution in [2.24, 2.45) is 0 Å². The van der Waals surface area contributed by atoms with Gasteiger partial charge in [0.1, 0.15) is 0 Å². The van der Waals surface area contributed by atoms with Crippen LogP contribution in [0.25, 0.3) is 23.4 Å². The molecule has 0 saturated heterocycles. The number of allylic oxidation sites excluding steroid dienone is 8. The number of nitrogens with zero attached hydrogens (tertiary/aromatic N) is 2. The summed E-state index contributed by atoms with van der Waals surface area (Å²) in [6.45, 7) is 19.4. The van der Waals surface area contributed by atoms with Gasteiger partial charge in [-0.3, -0.25) is 0 Å². The van der Waals surface area contributed by atoms with Gasteiger partial charge >= 0.3 is 0 Å². The molecular weight excluding hydrogens is 573 g/mol. The van der Waals surface area contributed by atoms with Crippen molar-refractivity contribution in [3.05, 3.63) is 181 Å². The zero-order valence-corrected chi connectivity index (χ0v) is 27.7. The van der Waals surface area contributed by atoms with E-state index in [1.165, 1.54) is 11.1 Å². The van der Waals surface area contributed by atoms with Gasteiger partial charge in [-0.1, -0.05) is 80.5 Å². The van der Waals surface area contributed by atoms with Crippen LogP contribution in [0.4, 0.5) is 22.7 Å². The van der Waals surface area contributed by atoms with Crippen molar-refractivity contribution in [1.29, 1.82) is 0 Å². The highest BCUT2D eigenvalue weighted by Crippen LogP contribution is 2.31. The third-order valence-electron chi connectivity index (χ3n) is 8.35. The molecule has 2 N–H and O–H groups in total. The van der Waals surface area contributed by atoms with Gasteiger partial charge in [-0.25, -0.2) is 0 Å². The second-order valence-electron chi connectivity index (χ2n) is 11.4. The molecule has 4 nitrogen and oxygen atoms in total. The van der Waals surface area contributed by atoms with E-state index in [1.807, 2.05) is 49.4 Å². The summed E-state index contributed by atoms with van der Waals surface area (Å²) < 4.78 is 2.27. The molecule has 0 saturated carbocycles. The van der Waals surface area contributed by atoms with Crippen LogP contribution in [0.2, 0.25) is 0 Å². The number of benzene rings is 3. The summed E-state index contributed by atoms with van der Waals surface area (Å²) in [5.41, 5.74) is 13.1. The first-order chi connectivity index (χ1) is 22.9. The SMILES string of the molecule is C=C/C=C\c1c(C)c(C)c(C=C)n1-c1ccc(N2CC\C=C/C=C\C2=C\Nc2ccc(Nc3ccccc3C(=C)/C=C\C)cc2)cc1. The Morgan fingerprint density at radius 1 is 0.830 bits per heavy atom. The average Bonchev–Trinajstić information content (AvgIpc) is 3.32. The molecule has 4 heteroatoms. The molecule has 0 amide bonds. The highest BCUT2D eigenvalue weighted by Gasteiger charge is 2.16. The number of hydrogen-bond donors (Lipinski definition) is 2. The summed E-state index contributed by atoms with van der Waals surface area (Å²) in [6.07, 6.45) is 23.5. The smallest absolute Gasteiger partial charge is 0.0573 e. The van der Waals surface area contributed by atoms with E-state index in [4.69, 9.17) is 0 Å². The predicted octanol–water partition coefficient (Wildman–Crippen LogP) is 11.5. The first kappa shape index (κ1) is 32.6. The molecule has 1 aliphatic rings. The fourth-order valence-corrected chi connectivity index (χ4v) is 5.79. The van der Waals surface area contributed by atoms with Crippen molar-refractivity contribution in [3.8, 4) is 5.69 Å². The molecule has 3 aromatic carbocycles. The minimum atomic E-state index is 0.863. The lowest BCUT2D eigenvalue weighted by Crippen LogP contribution is -2.24. The van der Waals surface area contributed by atoms with Crippen molar-refractivity contribution >= 4 is 40.5 Å². The van der Waals surface area contributed by atoms with E-state index in [0.717, 1.165) is 69.6 Å². The van der Waals surface area contributed by atoms with Crippen LogP contribution in [-0.2, 0) is 0 Å². The second-order valence-corrected chi connectivity index (χ2v) is 11.4. The van der Waals surface area contributed by atoms with E-state index in [1.54, 1.807) is 0 Å². The van der Waals surface area contributed by atoms with Gasteiger partial charge in [0.2, 0.25) is 0 Å². The lowest BCUT2D eigenvalue weighted by atomic mass is 10.0. The molecule has 0 bridgehead atoms. The number of para-hydroxylation sites is 1. The monoisotopic (exact) mass is 616 g/mol. The van der Waals surface area contributed by atoms with Crippen molar-refractivity contribution in [1.82, 2.24) is 4.57 Å². The number of nitrogens with one attached hydrogen (secondary N) is 2. The molecular formula is C43H44N4. The molecule has 0 spiro atoms. The Bertz CT molecular complexity index is 1890. The molecule has 0 unspecified atom stereocenters.